The second-order valence-corrected chi connectivity index (χ2v) is 3.87. The number of hydrogen-bond donors (Lipinski definition) is 2. The molecule has 0 fully saturated rings. The van der Waals surface area contributed by atoms with Crippen molar-refractivity contribution in [1.82, 2.24) is 5.32 Å². The molecule has 0 aliphatic carbocycles. The average Bonchev–Trinajstić information content (AvgIpc) is 2.50. The van der Waals surface area contributed by atoms with Crippen LogP contribution in [-0.4, -0.2) is 48.3 Å². The van der Waals surface area contributed by atoms with Crippen LogP contribution in [0.1, 0.15) is 0 Å². The van der Waals surface area contributed by atoms with Crippen molar-refractivity contribution in [3.05, 3.63) is 34.4 Å². The number of esters is 1. The number of benzene rings is 1. The van der Waals surface area contributed by atoms with E-state index in [-0.39, 0.29) is 11.4 Å². The van der Waals surface area contributed by atoms with E-state index < -0.39 is 36.1 Å². The first kappa shape index (κ1) is 16.4. The van der Waals surface area contributed by atoms with Crippen LogP contribution in [0.5, 0.6) is 5.75 Å². The third kappa shape index (κ3) is 5.07. The molecule has 0 saturated carbocycles. The van der Waals surface area contributed by atoms with Crippen molar-refractivity contribution in [2.45, 2.75) is 6.04 Å². The van der Waals surface area contributed by atoms with Crippen molar-refractivity contribution >= 4 is 17.6 Å². The Morgan fingerprint density at radius 3 is 2.48 bits per heavy atom. The summed E-state index contributed by atoms with van der Waals surface area (Å²) in [6.45, 7) is -1.01. The molecule has 1 amide bonds. The first-order valence-electron chi connectivity index (χ1n) is 5.83. The Morgan fingerprint density at radius 1 is 1.38 bits per heavy atom. The maximum Gasteiger partial charge on any atom is 0.330 e. The summed E-state index contributed by atoms with van der Waals surface area (Å²) in [6.07, 6.45) is 0. The summed E-state index contributed by atoms with van der Waals surface area (Å²) in [5, 5.41) is 21.6. The van der Waals surface area contributed by atoms with E-state index in [1.165, 1.54) is 24.3 Å². The van der Waals surface area contributed by atoms with E-state index in [1.807, 2.05) is 0 Å². The lowest BCUT2D eigenvalue weighted by Gasteiger charge is -2.14. The van der Waals surface area contributed by atoms with E-state index in [4.69, 9.17) is 9.84 Å². The van der Waals surface area contributed by atoms with Crippen LogP contribution in [0.2, 0.25) is 0 Å². The third-order valence-corrected chi connectivity index (χ3v) is 2.42. The quantitative estimate of drug-likeness (QED) is 0.399. The molecule has 0 saturated heterocycles. The molecule has 0 aliphatic rings. The van der Waals surface area contributed by atoms with E-state index >= 15 is 0 Å². The van der Waals surface area contributed by atoms with Gasteiger partial charge in [-0.3, -0.25) is 14.9 Å². The normalized spacial score (nSPS) is 11.3. The summed E-state index contributed by atoms with van der Waals surface area (Å²) in [5.41, 5.74) is -0.0992. The number of nitro groups is 1. The molecule has 2 N–H and O–H groups in total. The number of ether oxygens (including phenoxy) is 2. The molecule has 0 bridgehead atoms. The molecule has 0 aromatic heterocycles. The monoisotopic (exact) mass is 298 g/mol. The van der Waals surface area contributed by atoms with Crippen LogP contribution < -0.4 is 10.1 Å². The number of carbonyl (C=O) groups excluding carboxylic acids is 2. The number of methoxy groups -OCH3 is 1. The molecule has 21 heavy (non-hydrogen) atoms. The third-order valence-electron chi connectivity index (χ3n) is 2.42. The summed E-state index contributed by atoms with van der Waals surface area (Å²) in [6, 6.07) is 3.99. The maximum absolute atomic E-state index is 11.5. The molecule has 1 rings (SSSR count). The van der Waals surface area contributed by atoms with Crippen LogP contribution in [-0.2, 0) is 14.3 Å². The van der Waals surface area contributed by atoms with Gasteiger partial charge in [-0.05, 0) is 12.1 Å². The van der Waals surface area contributed by atoms with Gasteiger partial charge in [0.1, 0.15) is 5.75 Å². The molecular formula is C12H14N2O7. The largest absolute Gasteiger partial charge is 0.484 e. The Kier molecular flexibility index (Phi) is 6.08. The van der Waals surface area contributed by atoms with Gasteiger partial charge >= 0.3 is 5.97 Å². The zero-order valence-corrected chi connectivity index (χ0v) is 11.1. The Hall–Kier alpha value is -2.68. The van der Waals surface area contributed by atoms with Crippen molar-refractivity contribution in [2.75, 3.05) is 20.3 Å². The molecule has 114 valence electrons. The SMILES string of the molecule is COC(=O)C(CO)NC(=O)COc1ccc([N+](=O)[O-])cc1. The number of carbonyl (C=O) groups is 2. The minimum Gasteiger partial charge on any atom is -0.484 e. The molecule has 1 unspecified atom stereocenters. The topological polar surface area (TPSA) is 128 Å². The molecule has 0 spiro atoms. The molecule has 9 heteroatoms. The summed E-state index contributed by atoms with van der Waals surface area (Å²) in [7, 11) is 1.13. The minimum absolute atomic E-state index is 0.0992. The number of non-ortho nitro benzene ring substituents is 1. The van der Waals surface area contributed by atoms with Crippen LogP contribution in [0.4, 0.5) is 5.69 Å². The van der Waals surface area contributed by atoms with Gasteiger partial charge in [0.2, 0.25) is 0 Å². The number of aliphatic hydroxyl groups is 1. The van der Waals surface area contributed by atoms with Crippen LogP contribution in [0.25, 0.3) is 0 Å². The number of nitrogens with zero attached hydrogens (tertiary/aromatic N) is 1. The van der Waals surface area contributed by atoms with Gasteiger partial charge < -0.3 is 19.9 Å². The highest BCUT2D eigenvalue weighted by Gasteiger charge is 2.20. The lowest BCUT2D eigenvalue weighted by atomic mass is 10.3. The highest BCUT2D eigenvalue weighted by atomic mass is 16.6. The first-order chi connectivity index (χ1) is 9.97. The second kappa shape index (κ2) is 7.80. The van der Waals surface area contributed by atoms with Crippen molar-refractivity contribution in [3.8, 4) is 5.75 Å². The highest BCUT2D eigenvalue weighted by molar-refractivity contribution is 5.85. The average molecular weight is 298 g/mol. The molecule has 1 aromatic carbocycles. The predicted octanol–water partition coefficient (Wildman–Crippen LogP) is -0.376. The number of nitrogens with one attached hydrogen (secondary N) is 1. The molecular weight excluding hydrogens is 284 g/mol. The Morgan fingerprint density at radius 2 is 2.00 bits per heavy atom. The van der Waals surface area contributed by atoms with E-state index in [0.29, 0.717) is 0 Å². The van der Waals surface area contributed by atoms with Gasteiger partial charge in [-0.15, -0.1) is 0 Å². The standard InChI is InChI=1S/C12H14N2O7/c1-20-12(17)10(6-15)13-11(16)7-21-9-4-2-8(3-5-9)14(18)19/h2-5,10,15H,6-7H2,1H3,(H,13,16). The van der Waals surface area contributed by atoms with E-state index in [0.717, 1.165) is 7.11 Å². The Labute approximate surface area is 119 Å². The summed E-state index contributed by atoms with van der Waals surface area (Å²) >= 11 is 0. The van der Waals surface area contributed by atoms with Crippen LogP contribution >= 0.6 is 0 Å². The highest BCUT2D eigenvalue weighted by Crippen LogP contribution is 2.16. The fourth-order valence-corrected chi connectivity index (χ4v) is 1.37. The number of rotatable bonds is 7. The number of amides is 1. The van der Waals surface area contributed by atoms with E-state index in [1.54, 1.807) is 0 Å². The molecule has 0 aliphatic heterocycles. The minimum atomic E-state index is -1.16. The number of nitro benzene ring substituents is 1. The van der Waals surface area contributed by atoms with E-state index in [2.05, 4.69) is 10.1 Å². The second-order valence-electron chi connectivity index (χ2n) is 3.87. The van der Waals surface area contributed by atoms with Gasteiger partial charge in [0.05, 0.1) is 18.6 Å². The number of hydrogen-bond acceptors (Lipinski definition) is 7. The predicted molar refractivity (Wildman–Crippen MR) is 69.6 cm³/mol. The Bertz CT molecular complexity index is 515. The number of aliphatic hydroxyl groups excluding tert-OH is 1. The molecule has 0 heterocycles. The summed E-state index contributed by atoms with van der Waals surface area (Å²) < 4.78 is 9.48. The van der Waals surface area contributed by atoms with Gasteiger partial charge in [-0.25, -0.2) is 4.79 Å². The fourth-order valence-electron chi connectivity index (χ4n) is 1.37. The van der Waals surface area contributed by atoms with Gasteiger partial charge in [0, 0.05) is 12.1 Å². The molecule has 0 radical (unpaired) electrons. The van der Waals surface area contributed by atoms with E-state index in [9.17, 15) is 19.7 Å². The van der Waals surface area contributed by atoms with Gasteiger partial charge in [-0.1, -0.05) is 0 Å². The maximum atomic E-state index is 11.5. The van der Waals surface area contributed by atoms with Gasteiger partial charge in [-0.2, -0.15) is 0 Å². The van der Waals surface area contributed by atoms with Crippen molar-refractivity contribution in [3.63, 3.8) is 0 Å². The Balaban J connectivity index is 2.49. The lowest BCUT2D eigenvalue weighted by molar-refractivity contribution is -0.384. The zero-order chi connectivity index (χ0) is 15.8. The van der Waals surface area contributed by atoms with Crippen LogP contribution in [0.15, 0.2) is 24.3 Å². The molecule has 1 atom stereocenters. The van der Waals surface area contributed by atoms with Gasteiger partial charge in [0.25, 0.3) is 11.6 Å². The van der Waals surface area contributed by atoms with Crippen molar-refractivity contribution < 1.29 is 29.1 Å². The summed E-state index contributed by atoms with van der Waals surface area (Å²) in [5.74, 6) is -1.16. The van der Waals surface area contributed by atoms with Crippen molar-refractivity contribution in [2.24, 2.45) is 0 Å². The fraction of sp³-hybridized carbons (Fsp3) is 0.333. The smallest absolute Gasteiger partial charge is 0.330 e. The van der Waals surface area contributed by atoms with Crippen molar-refractivity contribution in [1.29, 1.82) is 0 Å². The van der Waals surface area contributed by atoms with Crippen LogP contribution in [0, 0.1) is 10.1 Å². The first-order valence-corrected chi connectivity index (χ1v) is 5.83. The molecule has 9 nitrogen and oxygen atoms in total. The van der Waals surface area contributed by atoms with Crippen LogP contribution in [0.3, 0.4) is 0 Å². The lowest BCUT2D eigenvalue weighted by Crippen LogP contribution is -2.45. The zero-order valence-electron chi connectivity index (χ0n) is 11.1. The summed E-state index contributed by atoms with van der Waals surface area (Å²) in [4.78, 5) is 32.6. The van der Waals surface area contributed by atoms with Gasteiger partial charge in [0.15, 0.2) is 12.6 Å². The molecule has 1 aromatic rings.